The predicted molar refractivity (Wildman–Crippen MR) is 88.1 cm³/mol. The summed E-state index contributed by atoms with van der Waals surface area (Å²) in [6, 6.07) is 12.2. The minimum absolute atomic E-state index is 0.0791. The molecule has 112 valence electrons. The molecule has 1 aromatic heterocycles. The summed E-state index contributed by atoms with van der Waals surface area (Å²) in [7, 11) is 0. The highest BCUT2D eigenvalue weighted by atomic mass is 16.5. The van der Waals surface area contributed by atoms with Gasteiger partial charge in [-0.15, -0.1) is 0 Å². The van der Waals surface area contributed by atoms with E-state index < -0.39 is 0 Å². The Kier molecular flexibility index (Phi) is 4.84. The largest absolute Gasteiger partial charge is 0.491 e. The van der Waals surface area contributed by atoms with Gasteiger partial charge in [-0.1, -0.05) is 45.0 Å². The van der Waals surface area contributed by atoms with E-state index in [1.54, 1.807) is 6.20 Å². The molecule has 0 aliphatic heterocycles. The maximum atomic E-state index is 6.03. The first kappa shape index (κ1) is 15.4. The third-order valence-corrected chi connectivity index (χ3v) is 3.34. The van der Waals surface area contributed by atoms with E-state index in [4.69, 9.17) is 4.74 Å². The van der Waals surface area contributed by atoms with Crippen LogP contribution in [0.25, 0.3) is 0 Å². The van der Waals surface area contributed by atoms with Gasteiger partial charge in [-0.3, -0.25) is 0 Å². The average Bonchev–Trinajstić information content (AvgIpc) is 2.45. The molecule has 1 N–H and O–H groups in total. The molecule has 0 amide bonds. The van der Waals surface area contributed by atoms with Gasteiger partial charge in [-0.2, -0.15) is 0 Å². The molecule has 0 aliphatic carbocycles. The van der Waals surface area contributed by atoms with Gasteiger partial charge in [0.05, 0.1) is 6.54 Å². The number of aryl methyl sites for hydroxylation is 1. The van der Waals surface area contributed by atoms with Gasteiger partial charge in [0, 0.05) is 6.20 Å². The van der Waals surface area contributed by atoms with E-state index in [-0.39, 0.29) is 5.41 Å². The number of para-hydroxylation sites is 1. The van der Waals surface area contributed by atoms with E-state index in [0.717, 1.165) is 18.1 Å². The van der Waals surface area contributed by atoms with Crippen molar-refractivity contribution in [1.29, 1.82) is 0 Å². The molecule has 0 fully saturated rings. The van der Waals surface area contributed by atoms with Crippen molar-refractivity contribution in [1.82, 2.24) is 4.98 Å². The summed E-state index contributed by atoms with van der Waals surface area (Å²) in [5.74, 6) is 1.88. The first-order valence-electron chi connectivity index (χ1n) is 7.36. The second kappa shape index (κ2) is 6.61. The summed E-state index contributed by atoms with van der Waals surface area (Å²) >= 11 is 0. The topological polar surface area (TPSA) is 34.1 Å². The molecular weight excluding hydrogens is 260 g/mol. The molecule has 21 heavy (non-hydrogen) atoms. The Morgan fingerprint density at radius 2 is 1.90 bits per heavy atom. The van der Waals surface area contributed by atoms with Crippen molar-refractivity contribution in [2.24, 2.45) is 0 Å². The molecule has 1 aromatic carbocycles. The number of hydrogen-bond donors (Lipinski definition) is 1. The lowest BCUT2D eigenvalue weighted by Crippen LogP contribution is -2.17. The van der Waals surface area contributed by atoms with Crippen LogP contribution in [0.1, 0.15) is 31.9 Å². The van der Waals surface area contributed by atoms with Gasteiger partial charge in [-0.25, -0.2) is 4.98 Å². The zero-order valence-electron chi connectivity index (χ0n) is 13.3. The number of anilines is 1. The van der Waals surface area contributed by atoms with E-state index in [0.29, 0.717) is 6.61 Å². The van der Waals surface area contributed by atoms with Gasteiger partial charge in [0.2, 0.25) is 0 Å². The summed E-state index contributed by atoms with van der Waals surface area (Å²) in [5, 5.41) is 3.26. The van der Waals surface area contributed by atoms with Crippen molar-refractivity contribution in [3.05, 3.63) is 53.7 Å². The SMILES string of the molecule is Cc1cccc(C(C)(C)C)c1OCCNc1ccccn1. The number of aromatic nitrogens is 1. The lowest BCUT2D eigenvalue weighted by atomic mass is 9.85. The van der Waals surface area contributed by atoms with Gasteiger partial charge >= 0.3 is 0 Å². The average molecular weight is 284 g/mol. The summed E-state index contributed by atoms with van der Waals surface area (Å²) in [6.07, 6.45) is 1.78. The smallest absolute Gasteiger partial charge is 0.126 e. The van der Waals surface area contributed by atoms with Crippen molar-refractivity contribution in [3.63, 3.8) is 0 Å². The first-order chi connectivity index (χ1) is 9.98. The van der Waals surface area contributed by atoms with E-state index >= 15 is 0 Å². The number of ether oxygens (including phenoxy) is 1. The number of pyridine rings is 1. The molecule has 1 heterocycles. The van der Waals surface area contributed by atoms with Crippen LogP contribution in [-0.2, 0) is 5.41 Å². The highest BCUT2D eigenvalue weighted by Crippen LogP contribution is 2.33. The molecular formula is C18H24N2O. The normalized spacial score (nSPS) is 11.2. The summed E-state index contributed by atoms with van der Waals surface area (Å²) < 4.78 is 6.03. The Labute approximate surface area is 127 Å². The molecule has 0 bridgehead atoms. The number of nitrogens with one attached hydrogen (secondary N) is 1. The Bertz CT molecular complexity index is 574. The van der Waals surface area contributed by atoms with Crippen LogP contribution < -0.4 is 10.1 Å². The van der Waals surface area contributed by atoms with Gasteiger partial charge in [0.25, 0.3) is 0 Å². The molecule has 0 unspecified atom stereocenters. The van der Waals surface area contributed by atoms with E-state index in [9.17, 15) is 0 Å². The van der Waals surface area contributed by atoms with Crippen LogP contribution >= 0.6 is 0 Å². The van der Waals surface area contributed by atoms with Crippen LogP contribution in [0.2, 0.25) is 0 Å². The standard InChI is InChI=1S/C18H24N2O/c1-14-8-7-9-15(18(2,3)4)17(14)21-13-12-20-16-10-5-6-11-19-16/h5-11H,12-13H2,1-4H3,(H,19,20). The Balaban J connectivity index is 1.97. The van der Waals surface area contributed by atoms with Crippen LogP contribution in [-0.4, -0.2) is 18.1 Å². The number of hydrogen-bond acceptors (Lipinski definition) is 3. The summed E-state index contributed by atoms with van der Waals surface area (Å²) in [4.78, 5) is 4.23. The van der Waals surface area contributed by atoms with Crippen LogP contribution in [0.3, 0.4) is 0 Å². The van der Waals surface area contributed by atoms with Gasteiger partial charge in [0.1, 0.15) is 18.2 Å². The Morgan fingerprint density at radius 1 is 1.10 bits per heavy atom. The monoisotopic (exact) mass is 284 g/mol. The second-order valence-electron chi connectivity index (χ2n) is 6.19. The number of rotatable bonds is 5. The number of nitrogens with zero attached hydrogens (tertiary/aromatic N) is 1. The number of benzene rings is 1. The molecule has 0 radical (unpaired) electrons. The highest BCUT2D eigenvalue weighted by Gasteiger charge is 2.19. The van der Waals surface area contributed by atoms with Gasteiger partial charge in [0.15, 0.2) is 0 Å². The maximum Gasteiger partial charge on any atom is 0.126 e. The third kappa shape index (κ3) is 4.22. The molecule has 3 nitrogen and oxygen atoms in total. The van der Waals surface area contributed by atoms with Crippen molar-refractivity contribution in [2.75, 3.05) is 18.5 Å². The van der Waals surface area contributed by atoms with Crippen molar-refractivity contribution in [2.45, 2.75) is 33.1 Å². The van der Waals surface area contributed by atoms with E-state index in [2.05, 4.69) is 56.2 Å². The minimum atomic E-state index is 0.0791. The fraction of sp³-hybridized carbons (Fsp3) is 0.389. The predicted octanol–water partition coefficient (Wildman–Crippen LogP) is 4.18. The molecule has 0 atom stereocenters. The minimum Gasteiger partial charge on any atom is -0.491 e. The van der Waals surface area contributed by atoms with Crippen molar-refractivity contribution >= 4 is 5.82 Å². The molecule has 2 rings (SSSR count). The quantitative estimate of drug-likeness (QED) is 0.836. The Hall–Kier alpha value is -2.03. The van der Waals surface area contributed by atoms with E-state index in [1.165, 1.54) is 11.1 Å². The van der Waals surface area contributed by atoms with E-state index in [1.807, 2.05) is 18.2 Å². The van der Waals surface area contributed by atoms with Crippen molar-refractivity contribution in [3.8, 4) is 5.75 Å². The zero-order chi connectivity index (χ0) is 15.3. The molecule has 0 aliphatic rings. The van der Waals surface area contributed by atoms with Crippen LogP contribution in [0.15, 0.2) is 42.6 Å². The van der Waals surface area contributed by atoms with Gasteiger partial charge < -0.3 is 10.1 Å². The zero-order valence-corrected chi connectivity index (χ0v) is 13.3. The second-order valence-corrected chi connectivity index (χ2v) is 6.19. The summed E-state index contributed by atoms with van der Waals surface area (Å²) in [6.45, 7) is 10.1. The fourth-order valence-corrected chi connectivity index (χ4v) is 2.23. The van der Waals surface area contributed by atoms with Crippen LogP contribution in [0.4, 0.5) is 5.82 Å². The van der Waals surface area contributed by atoms with Gasteiger partial charge in [-0.05, 0) is 35.6 Å². The lowest BCUT2D eigenvalue weighted by Gasteiger charge is -2.24. The highest BCUT2D eigenvalue weighted by molar-refractivity contribution is 5.44. The molecule has 0 spiro atoms. The fourth-order valence-electron chi connectivity index (χ4n) is 2.23. The third-order valence-electron chi connectivity index (χ3n) is 3.34. The maximum absolute atomic E-state index is 6.03. The molecule has 3 heteroatoms. The Morgan fingerprint density at radius 3 is 2.57 bits per heavy atom. The lowest BCUT2D eigenvalue weighted by molar-refractivity contribution is 0.320. The summed E-state index contributed by atoms with van der Waals surface area (Å²) in [5.41, 5.74) is 2.51. The molecule has 2 aromatic rings. The van der Waals surface area contributed by atoms with Crippen LogP contribution in [0, 0.1) is 6.92 Å². The van der Waals surface area contributed by atoms with Crippen molar-refractivity contribution < 1.29 is 4.74 Å². The van der Waals surface area contributed by atoms with Crippen LogP contribution in [0.5, 0.6) is 5.75 Å². The molecule has 0 saturated carbocycles. The molecule has 0 saturated heterocycles. The first-order valence-corrected chi connectivity index (χ1v) is 7.36.